The molecule has 0 unspecified atom stereocenters. The van der Waals surface area contributed by atoms with E-state index >= 15 is 0 Å². The maximum Gasteiger partial charge on any atom is 0.418 e. The summed E-state index contributed by atoms with van der Waals surface area (Å²) in [5, 5.41) is 2.74. The Labute approximate surface area is 149 Å². The minimum atomic E-state index is -4.44. The quantitative estimate of drug-likeness (QED) is 0.706. The van der Waals surface area contributed by atoms with E-state index < -0.39 is 11.7 Å². The molecule has 3 aromatic rings. The predicted molar refractivity (Wildman–Crippen MR) is 95.3 cm³/mol. The molecule has 0 saturated heterocycles. The Morgan fingerprint density at radius 3 is 2.38 bits per heavy atom. The first kappa shape index (κ1) is 17.7. The SMILES string of the molecule is CN(Cc1ccccc1)c1cc(Nc2ccccc2C(F)(F)F)ncn1. The summed E-state index contributed by atoms with van der Waals surface area (Å²) in [7, 11) is 1.86. The summed E-state index contributed by atoms with van der Waals surface area (Å²) >= 11 is 0. The van der Waals surface area contributed by atoms with E-state index in [1.165, 1.54) is 18.5 Å². The molecule has 2 aromatic carbocycles. The van der Waals surface area contributed by atoms with Crippen LogP contribution in [0.4, 0.5) is 30.5 Å². The first-order chi connectivity index (χ1) is 12.4. The van der Waals surface area contributed by atoms with Gasteiger partial charge in [0.15, 0.2) is 0 Å². The maximum absolute atomic E-state index is 13.1. The van der Waals surface area contributed by atoms with Crippen LogP contribution < -0.4 is 10.2 Å². The Bertz CT molecular complexity index is 866. The molecule has 0 amide bonds. The third-order valence-corrected chi connectivity index (χ3v) is 3.80. The highest BCUT2D eigenvalue weighted by Crippen LogP contribution is 2.35. The Morgan fingerprint density at radius 1 is 0.962 bits per heavy atom. The van der Waals surface area contributed by atoms with Gasteiger partial charge in [-0.05, 0) is 17.7 Å². The van der Waals surface area contributed by atoms with Crippen molar-refractivity contribution in [3.63, 3.8) is 0 Å². The van der Waals surface area contributed by atoms with Gasteiger partial charge in [-0.2, -0.15) is 13.2 Å². The zero-order valence-corrected chi connectivity index (χ0v) is 14.0. The van der Waals surface area contributed by atoms with Crippen LogP contribution in [0, 0.1) is 0 Å². The van der Waals surface area contributed by atoms with Gasteiger partial charge in [0, 0.05) is 19.7 Å². The fourth-order valence-corrected chi connectivity index (χ4v) is 2.54. The zero-order valence-electron chi connectivity index (χ0n) is 14.0. The summed E-state index contributed by atoms with van der Waals surface area (Å²) in [4.78, 5) is 10.1. The number of nitrogens with zero attached hydrogens (tertiary/aromatic N) is 3. The topological polar surface area (TPSA) is 41.0 Å². The Morgan fingerprint density at radius 2 is 1.65 bits per heavy atom. The molecule has 1 N–H and O–H groups in total. The van der Waals surface area contributed by atoms with E-state index in [9.17, 15) is 13.2 Å². The molecule has 0 atom stereocenters. The molecule has 0 bridgehead atoms. The second-order valence-electron chi connectivity index (χ2n) is 5.77. The van der Waals surface area contributed by atoms with Gasteiger partial charge in [0.2, 0.25) is 0 Å². The predicted octanol–water partition coefficient (Wildman–Crippen LogP) is 4.88. The number of para-hydroxylation sites is 1. The van der Waals surface area contributed by atoms with Crippen LogP contribution in [0.15, 0.2) is 67.0 Å². The fraction of sp³-hybridized carbons (Fsp3) is 0.158. The van der Waals surface area contributed by atoms with E-state index in [-0.39, 0.29) is 5.69 Å². The highest BCUT2D eigenvalue weighted by molar-refractivity contribution is 5.63. The number of anilines is 3. The lowest BCUT2D eigenvalue weighted by molar-refractivity contribution is -0.136. The summed E-state index contributed by atoms with van der Waals surface area (Å²) in [5.41, 5.74) is 0.318. The van der Waals surface area contributed by atoms with E-state index in [1.807, 2.05) is 42.3 Å². The third kappa shape index (κ3) is 4.30. The lowest BCUT2D eigenvalue weighted by Crippen LogP contribution is -2.18. The van der Waals surface area contributed by atoms with Crippen molar-refractivity contribution >= 4 is 17.3 Å². The highest BCUT2D eigenvalue weighted by Gasteiger charge is 2.33. The van der Waals surface area contributed by atoms with Gasteiger partial charge < -0.3 is 10.2 Å². The van der Waals surface area contributed by atoms with Crippen LogP contribution >= 0.6 is 0 Å². The number of hydrogen-bond acceptors (Lipinski definition) is 4. The van der Waals surface area contributed by atoms with Crippen molar-refractivity contribution in [1.82, 2.24) is 9.97 Å². The van der Waals surface area contributed by atoms with Gasteiger partial charge in [-0.1, -0.05) is 42.5 Å². The molecule has 0 radical (unpaired) electrons. The summed E-state index contributed by atoms with van der Waals surface area (Å²) in [6, 6.07) is 16.8. The van der Waals surface area contributed by atoms with Crippen molar-refractivity contribution in [3.05, 3.63) is 78.1 Å². The Kier molecular flexibility index (Phi) is 5.06. The number of hydrogen-bond donors (Lipinski definition) is 1. The number of rotatable bonds is 5. The molecule has 0 saturated carbocycles. The highest BCUT2D eigenvalue weighted by atomic mass is 19.4. The first-order valence-corrected chi connectivity index (χ1v) is 7.94. The number of benzene rings is 2. The van der Waals surface area contributed by atoms with Crippen LogP contribution in [0.25, 0.3) is 0 Å². The van der Waals surface area contributed by atoms with E-state index in [0.29, 0.717) is 18.2 Å². The summed E-state index contributed by atoms with van der Waals surface area (Å²) < 4.78 is 39.4. The van der Waals surface area contributed by atoms with Crippen LogP contribution in [-0.4, -0.2) is 17.0 Å². The van der Waals surface area contributed by atoms with Crippen molar-refractivity contribution < 1.29 is 13.2 Å². The van der Waals surface area contributed by atoms with Crippen LogP contribution in [0.2, 0.25) is 0 Å². The van der Waals surface area contributed by atoms with Crippen molar-refractivity contribution in [2.45, 2.75) is 12.7 Å². The largest absolute Gasteiger partial charge is 0.418 e. The zero-order chi connectivity index (χ0) is 18.6. The molecular weight excluding hydrogens is 341 g/mol. The molecule has 26 heavy (non-hydrogen) atoms. The average molecular weight is 358 g/mol. The minimum absolute atomic E-state index is 0.0460. The third-order valence-electron chi connectivity index (χ3n) is 3.80. The van der Waals surface area contributed by atoms with Gasteiger partial charge in [0.1, 0.15) is 18.0 Å². The number of aromatic nitrogens is 2. The van der Waals surface area contributed by atoms with E-state index in [0.717, 1.165) is 11.6 Å². The lowest BCUT2D eigenvalue weighted by atomic mass is 10.1. The average Bonchev–Trinajstić information content (AvgIpc) is 2.62. The van der Waals surface area contributed by atoms with Crippen molar-refractivity contribution in [3.8, 4) is 0 Å². The molecule has 1 aromatic heterocycles. The second kappa shape index (κ2) is 7.43. The Hall–Kier alpha value is -3.09. The van der Waals surface area contributed by atoms with Crippen LogP contribution in [0.1, 0.15) is 11.1 Å². The number of nitrogens with one attached hydrogen (secondary N) is 1. The van der Waals surface area contributed by atoms with Crippen LogP contribution in [0.3, 0.4) is 0 Å². The monoisotopic (exact) mass is 358 g/mol. The fourth-order valence-electron chi connectivity index (χ4n) is 2.54. The second-order valence-corrected chi connectivity index (χ2v) is 5.77. The molecule has 1 heterocycles. The van der Waals surface area contributed by atoms with Gasteiger partial charge in [0.05, 0.1) is 11.3 Å². The summed E-state index contributed by atoms with van der Waals surface area (Å²) in [6.45, 7) is 0.621. The van der Waals surface area contributed by atoms with E-state index in [1.54, 1.807) is 12.1 Å². The standard InChI is InChI=1S/C19H17F3N4/c1-26(12-14-7-3-2-4-8-14)18-11-17(23-13-24-18)25-16-10-6-5-9-15(16)19(20,21)22/h2-11,13H,12H2,1H3,(H,23,24,25). The maximum atomic E-state index is 13.1. The molecule has 0 spiro atoms. The van der Waals surface area contributed by atoms with Gasteiger partial charge in [-0.3, -0.25) is 0 Å². The lowest BCUT2D eigenvalue weighted by Gasteiger charge is -2.19. The molecule has 7 heteroatoms. The van der Waals surface area contributed by atoms with Crippen molar-refractivity contribution in [2.24, 2.45) is 0 Å². The van der Waals surface area contributed by atoms with Crippen molar-refractivity contribution in [1.29, 1.82) is 0 Å². The molecular formula is C19H17F3N4. The van der Waals surface area contributed by atoms with Gasteiger partial charge >= 0.3 is 6.18 Å². The van der Waals surface area contributed by atoms with Gasteiger partial charge in [-0.15, -0.1) is 0 Å². The van der Waals surface area contributed by atoms with E-state index in [4.69, 9.17) is 0 Å². The number of halogens is 3. The summed E-state index contributed by atoms with van der Waals surface area (Å²) in [6.07, 6.45) is -3.11. The summed E-state index contributed by atoms with van der Waals surface area (Å²) in [5.74, 6) is 0.905. The van der Waals surface area contributed by atoms with Gasteiger partial charge in [0.25, 0.3) is 0 Å². The molecule has 3 rings (SSSR count). The molecule has 0 aliphatic carbocycles. The molecule has 4 nitrogen and oxygen atoms in total. The van der Waals surface area contributed by atoms with Crippen molar-refractivity contribution in [2.75, 3.05) is 17.3 Å². The molecule has 134 valence electrons. The number of alkyl halides is 3. The first-order valence-electron chi connectivity index (χ1n) is 7.94. The minimum Gasteiger partial charge on any atom is -0.355 e. The van der Waals surface area contributed by atoms with Crippen LogP contribution in [0.5, 0.6) is 0 Å². The molecule has 0 aliphatic rings. The molecule has 0 fully saturated rings. The van der Waals surface area contributed by atoms with E-state index in [2.05, 4.69) is 15.3 Å². The normalized spacial score (nSPS) is 11.2. The Balaban J connectivity index is 1.80. The smallest absolute Gasteiger partial charge is 0.355 e. The molecule has 0 aliphatic heterocycles. The van der Waals surface area contributed by atoms with Gasteiger partial charge in [-0.25, -0.2) is 9.97 Å². The van der Waals surface area contributed by atoms with Crippen LogP contribution in [-0.2, 0) is 12.7 Å².